The molecule has 0 fully saturated rings. The maximum atomic E-state index is 14.7. The van der Waals surface area contributed by atoms with Gasteiger partial charge in [0.15, 0.2) is 9.84 Å². The molecule has 0 N–H and O–H groups in total. The Balaban J connectivity index is 2.19. The SMILES string of the molecule is Cc1cc(-n2nc(C(F)F)cc2-c2cc(F)c(S(C)(=O)=O)cc2F)ccc1OC(F)(F)F. The summed E-state index contributed by atoms with van der Waals surface area (Å²) in [5.41, 5.74) is -1.87. The second-order valence-electron chi connectivity index (χ2n) is 6.70. The van der Waals surface area contributed by atoms with Gasteiger partial charge in [0, 0.05) is 11.8 Å². The van der Waals surface area contributed by atoms with Crippen molar-refractivity contribution in [1.29, 1.82) is 0 Å². The molecule has 1 heterocycles. The summed E-state index contributed by atoms with van der Waals surface area (Å²) in [4.78, 5) is -0.927. The van der Waals surface area contributed by atoms with Crippen LogP contribution >= 0.6 is 0 Å². The van der Waals surface area contributed by atoms with Gasteiger partial charge in [-0.1, -0.05) is 0 Å². The van der Waals surface area contributed by atoms with Gasteiger partial charge in [0.05, 0.1) is 11.4 Å². The second-order valence-corrected chi connectivity index (χ2v) is 8.68. The highest BCUT2D eigenvalue weighted by atomic mass is 32.2. The number of sulfone groups is 1. The number of rotatable bonds is 5. The van der Waals surface area contributed by atoms with Gasteiger partial charge >= 0.3 is 6.36 Å². The Kier molecular flexibility index (Phi) is 5.98. The third-order valence-corrected chi connectivity index (χ3v) is 5.39. The third kappa shape index (κ3) is 4.87. The van der Waals surface area contributed by atoms with E-state index in [0.717, 1.165) is 28.9 Å². The number of hydrogen-bond acceptors (Lipinski definition) is 4. The Bertz CT molecular complexity index is 1280. The number of alkyl halides is 5. The van der Waals surface area contributed by atoms with Crippen LogP contribution in [-0.2, 0) is 9.84 Å². The van der Waals surface area contributed by atoms with Crippen molar-refractivity contribution < 1.29 is 43.9 Å². The van der Waals surface area contributed by atoms with E-state index in [0.29, 0.717) is 18.4 Å². The third-order valence-electron chi connectivity index (χ3n) is 4.28. The number of benzene rings is 2. The van der Waals surface area contributed by atoms with Crippen molar-refractivity contribution >= 4 is 9.84 Å². The maximum absolute atomic E-state index is 14.7. The summed E-state index contributed by atoms with van der Waals surface area (Å²) in [7, 11) is -4.11. The number of aryl methyl sites for hydroxylation is 1. The molecule has 0 aliphatic rings. The van der Waals surface area contributed by atoms with E-state index >= 15 is 0 Å². The molecule has 0 aliphatic heterocycles. The first-order chi connectivity index (χ1) is 14.7. The van der Waals surface area contributed by atoms with Gasteiger partial charge in [-0.15, -0.1) is 13.2 Å². The van der Waals surface area contributed by atoms with Crippen LogP contribution in [0.3, 0.4) is 0 Å². The van der Waals surface area contributed by atoms with E-state index in [1.807, 2.05) is 0 Å². The lowest BCUT2D eigenvalue weighted by Gasteiger charge is -2.14. The van der Waals surface area contributed by atoms with Crippen LogP contribution in [0.2, 0.25) is 0 Å². The van der Waals surface area contributed by atoms with E-state index < -0.39 is 56.2 Å². The van der Waals surface area contributed by atoms with Crippen molar-refractivity contribution in [3.05, 3.63) is 59.3 Å². The molecule has 13 heteroatoms. The molecule has 0 bridgehead atoms. The average Bonchev–Trinajstić information content (AvgIpc) is 3.08. The number of hydrogen-bond donors (Lipinski definition) is 0. The normalized spacial score (nSPS) is 12.4. The molecule has 172 valence electrons. The Morgan fingerprint density at radius 2 is 1.69 bits per heavy atom. The Labute approximate surface area is 177 Å². The van der Waals surface area contributed by atoms with Crippen LogP contribution in [0.1, 0.15) is 17.7 Å². The number of ether oxygens (including phenoxy) is 1. The standard InChI is InChI=1S/C19H13F7N2O3S/c1-9-5-10(3-4-16(9)31-19(24,25)26)28-15(8-14(27-28)18(22)23)11-6-13(21)17(7-12(11)20)32(2,29)30/h3-8,18H,1-2H3. The zero-order chi connectivity index (χ0) is 24.0. The van der Waals surface area contributed by atoms with Gasteiger partial charge in [-0.3, -0.25) is 0 Å². The van der Waals surface area contributed by atoms with Crippen molar-refractivity contribution in [3.63, 3.8) is 0 Å². The van der Waals surface area contributed by atoms with Gasteiger partial charge in [-0.2, -0.15) is 5.10 Å². The van der Waals surface area contributed by atoms with E-state index in [2.05, 4.69) is 9.84 Å². The fourth-order valence-corrected chi connectivity index (χ4v) is 3.64. The Morgan fingerprint density at radius 3 is 2.22 bits per heavy atom. The predicted octanol–water partition coefficient (Wildman–Crippen LogP) is 5.37. The summed E-state index contributed by atoms with van der Waals surface area (Å²) in [6.07, 6.45) is -7.41. The largest absolute Gasteiger partial charge is 0.573 e. The molecule has 2 aromatic carbocycles. The summed E-state index contributed by atoms with van der Waals surface area (Å²) in [5.74, 6) is -3.11. The Morgan fingerprint density at radius 1 is 1.03 bits per heavy atom. The molecule has 1 aromatic heterocycles. The summed E-state index contributed by atoms with van der Waals surface area (Å²) in [6.45, 7) is 1.25. The molecule has 3 rings (SSSR count). The lowest BCUT2D eigenvalue weighted by atomic mass is 10.1. The first kappa shape index (κ1) is 23.6. The van der Waals surface area contributed by atoms with Crippen molar-refractivity contribution in [2.24, 2.45) is 0 Å². The monoisotopic (exact) mass is 482 g/mol. The quantitative estimate of drug-likeness (QED) is 0.459. The van der Waals surface area contributed by atoms with Crippen LogP contribution < -0.4 is 4.74 Å². The molecule has 0 amide bonds. The fourth-order valence-electron chi connectivity index (χ4n) is 2.91. The van der Waals surface area contributed by atoms with Crippen molar-refractivity contribution in [2.75, 3.05) is 6.26 Å². The molecular weight excluding hydrogens is 469 g/mol. The van der Waals surface area contributed by atoms with E-state index in [1.54, 1.807) is 0 Å². The molecule has 0 aliphatic carbocycles. The van der Waals surface area contributed by atoms with Crippen LogP contribution in [0, 0.1) is 18.6 Å². The zero-order valence-electron chi connectivity index (χ0n) is 16.2. The average molecular weight is 482 g/mol. The Hall–Kier alpha value is -3.09. The number of nitrogens with zero attached hydrogens (tertiary/aromatic N) is 2. The highest BCUT2D eigenvalue weighted by Crippen LogP contribution is 2.34. The van der Waals surface area contributed by atoms with E-state index in [4.69, 9.17) is 0 Å². The number of aromatic nitrogens is 2. The first-order valence-corrected chi connectivity index (χ1v) is 10.5. The molecule has 0 saturated heterocycles. The number of halogens is 7. The molecule has 32 heavy (non-hydrogen) atoms. The fraction of sp³-hybridized carbons (Fsp3) is 0.211. The van der Waals surface area contributed by atoms with Gasteiger partial charge in [0.1, 0.15) is 28.0 Å². The van der Waals surface area contributed by atoms with Crippen LogP contribution in [0.4, 0.5) is 30.7 Å². The van der Waals surface area contributed by atoms with Gasteiger partial charge in [0.2, 0.25) is 0 Å². The highest BCUT2D eigenvalue weighted by molar-refractivity contribution is 7.90. The van der Waals surface area contributed by atoms with E-state index in [1.165, 1.54) is 6.92 Å². The van der Waals surface area contributed by atoms with Crippen LogP contribution in [0.15, 0.2) is 41.3 Å². The van der Waals surface area contributed by atoms with E-state index in [-0.39, 0.29) is 16.9 Å². The predicted molar refractivity (Wildman–Crippen MR) is 98.4 cm³/mol. The summed E-state index contributed by atoms with van der Waals surface area (Å²) in [6, 6.07) is 4.77. The minimum atomic E-state index is -4.96. The molecule has 5 nitrogen and oxygen atoms in total. The van der Waals surface area contributed by atoms with Gasteiger partial charge < -0.3 is 4.74 Å². The maximum Gasteiger partial charge on any atom is 0.573 e. The second kappa shape index (κ2) is 8.11. The molecular formula is C19H13F7N2O3S. The molecule has 3 aromatic rings. The van der Waals surface area contributed by atoms with E-state index in [9.17, 15) is 39.2 Å². The first-order valence-electron chi connectivity index (χ1n) is 8.61. The molecule has 0 unspecified atom stereocenters. The van der Waals surface area contributed by atoms with Gasteiger partial charge in [-0.05, 0) is 48.9 Å². The topological polar surface area (TPSA) is 61.2 Å². The molecule has 0 radical (unpaired) electrons. The highest BCUT2D eigenvalue weighted by Gasteiger charge is 2.32. The minimum Gasteiger partial charge on any atom is -0.406 e. The van der Waals surface area contributed by atoms with Crippen LogP contribution in [0.5, 0.6) is 5.75 Å². The lowest BCUT2D eigenvalue weighted by Crippen LogP contribution is -2.17. The molecule has 0 atom stereocenters. The van der Waals surface area contributed by atoms with Crippen molar-refractivity contribution in [3.8, 4) is 22.7 Å². The lowest BCUT2D eigenvalue weighted by molar-refractivity contribution is -0.274. The summed E-state index contributed by atoms with van der Waals surface area (Å²) in [5, 5.41) is 3.64. The van der Waals surface area contributed by atoms with Crippen LogP contribution in [0.25, 0.3) is 16.9 Å². The molecule has 0 saturated carbocycles. The van der Waals surface area contributed by atoms with Crippen LogP contribution in [-0.4, -0.2) is 30.8 Å². The molecule has 0 spiro atoms. The van der Waals surface area contributed by atoms with Gasteiger partial charge in [0.25, 0.3) is 6.43 Å². The zero-order valence-corrected chi connectivity index (χ0v) is 17.0. The summed E-state index contributed by atoms with van der Waals surface area (Å²) < 4.78 is 121. The smallest absolute Gasteiger partial charge is 0.406 e. The minimum absolute atomic E-state index is 0.0426. The van der Waals surface area contributed by atoms with Gasteiger partial charge in [-0.25, -0.2) is 30.7 Å². The van der Waals surface area contributed by atoms with Crippen molar-refractivity contribution in [1.82, 2.24) is 9.78 Å². The van der Waals surface area contributed by atoms with Crippen molar-refractivity contribution in [2.45, 2.75) is 24.6 Å². The summed E-state index contributed by atoms with van der Waals surface area (Å²) >= 11 is 0.